The lowest BCUT2D eigenvalue weighted by Gasteiger charge is -1.91. The van der Waals surface area contributed by atoms with E-state index in [1.165, 1.54) is 10.8 Å². The number of nitrogens with one attached hydrogen (secondary N) is 2. The number of fused-ring (bicyclic) bond motifs is 5. The predicted molar refractivity (Wildman–Crippen MR) is 65.5 cm³/mol. The predicted octanol–water partition coefficient (Wildman–Crippen LogP) is 3.20. The molecule has 0 saturated carbocycles. The fraction of sp³-hybridized carbons (Fsp3) is 0. The molecular weight excluding hydrogens is 198 g/mol. The largest absolute Gasteiger partial charge is 0.360 e. The van der Waals surface area contributed by atoms with Crippen LogP contribution in [0, 0.1) is 0 Å². The van der Waals surface area contributed by atoms with Crippen LogP contribution in [0.3, 0.4) is 0 Å². The van der Waals surface area contributed by atoms with Crippen LogP contribution in [0.2, 0.25) is 0 Å². The Morgan fingerprint density at radius 1 is 0.938 bits per heavy atom. The van der Waals surface area contributed by atoms with E-state index in [-0.39, 0.29) is 0 Å². The van der Waals surface area contributed by atoms with Crippen molar-refractivity contribution >= 4 is 32.8 Å². The summed E-state index contributed by atoms with van der Waals surface area (Å²) in [6.07, 6.45) is 3.83. The summed E-state index contributed by atoms with van der Waals surface area (Å²) in [4.78, 5) is 11.1. The van der Waals surface area contributed by atoms with Gasteiger partial charge in [0.05, 0.1) is 22.7 Å². The highest BCUT2D eigenvalue weighted by atomic mass is 14.8. The zero-order valence-corrected chi connectivity index (χ0v) is 8.49. The highest BCUT2D eigenvalue weighted by Gasteiger charge is 2.08. The van der Waals surface area contributed by atoms with Crippen LogP contribution in [-0.2, 0) is 0 Å². The highest BCUT2D eigenvalue weighted by Crippen LogP contribution is 2.28. The van der Waals surface area contributed by atoms with Gasteiger partial charge in [0, 0.05) is 22.5 Å². The van der Waals surface area contributed by atoms with Gasteiger partial charge in [-0.05, 0) is 12.1 Å². The van der Waals surface area contributed by atoms with Gasteiger partial charge in [-0.2, -0.15) is 0 Å². The molecule has 1 aromatic carbocycles. The van der Waals surface area contributed by atoms with Gasteiger partial charge in [-0.1, -0.05) is 18.2 Å². The summed E-state index contributed by atoms with van der Waals surface area (Å²) in [7, 11) is 0. The summed E-state index contributed by atoms with van der Waals surface area (Å²) in [5.41, 5.74) is 4.36. The molecule has 0 fully saturated rings. The Morgan fingerprint density at radius 3 is 2.88 bits per heavy atom. The number of pyridine rings is 1. The number of H-pyrrole nitrogens is 2. The summed E-state index contributed by atoms with van der Waals surface area (Å²) in [5, 5.41) is 2.38. The minimum Gasteiger partial charge on any atom is -0.360 e. The monoisotopic (exact) mass is 207 g/mol. The molecule has 0 radical (unpaired) electrons. The molecule has 0 aliphatic rings. The van der Waals surface area contributed by atoms with E-state index in [9.17, 15) is 0 Å². The van der Waals surface area contributed by atoms with Crippen molar-refractivity contribution in [1.29, 1.82) is 0 Å². The fourth-order valence-electron chi connectivity index (χ4n) is 2.29. The van der Waals surface area contributed by atoms with Crippen LogP contribution in [-0.4, -0.2) is 15.0 Å². The first-order chi connectivity index (χ1) is 7.93. The van der Waals surface area contributed by atoms with Crippen LogP contribution in [0.4, 0.5) is 0 Å². The molecule has 3 heterocycles. The summed E-state index contributed by atoms with van der Waals surface area (Å²) in [5.74, 6) is 0. The Bertz CT molecular complexity index is 808. The number of aromatic nitrogens is 3. The first kappa shape index (κ1) is 7.93. The van der Waals surface area contributed by atoms with Crippen LogP contribution in [0.5, 0.6) is 0 Å². The molecule has 0 unspecified atom stereocenters. The zero-order valence-electron chi connectivity index (χ0n) is 8.49. The molecule has 0 atom stereocenters. The van der Waals surface area contributed by atoms with Gasteiger partial charge < -0.3 is 9.97 Å². The molecule has 76 valence electrons. The van der Waals surface area contributed by atoms with Crippen LogP contribution in [0.25, 0.3) is 32.8 Å². The van der Waals surface area contributed by atoms with E-state index in [2.05, 4.69) is 33.2 Å². The molecular formula is C13H9N3. The lowest BCUT2D eigenvalue weighted by Crippen LogP contribution is -1.76. The Labute approximate surface area is 91.1 Å². The SMILES string of the molecule is c1ccc2c(c1)[nH]c1c3cc[nH]c3cnc21. The number of benzene rings is 1. The third kappa shape index (κ3) is 0.852. The minimum absolute atomic E-state index is 1.04. The van der Waals surface area contributed by atoms with Gasteiger partial charge in [-0.15, -0.1) is 0 Å². The van der Waals surface area contributed by atoms with Gasteiger partial charge in [0.1, 0.15) is 0 Å². The topological polar surface area (TPSA) is 44.5 Å². The number of nitrogens with zero attached hydrogens (tertiary/aromatic N) is 1. The molecule has 0 aliphatic carbocycles. The number of aromatic amines is 2. The fourth-order valence-corrected chi connectivity index (χ4v) is 2.29. The molecule has 3 aromatic heterocycles. The lowest BCUT2D eigenvalue weighted by molar-refractivity contribution is 1.40. The van der Waals surface area contributed by atoms with Gasteiger partial charge in [-0.3, -0.25) is 4.98 Å². The number of hydrogen-bond acceptors (Lipinski definition) is 1. The third-order valence-corrected chi connectivity index (χ3v) is 3.05. The van der Waals surface area contributed by atoms with Crippen molar-refractivity contribution in [1.82, 2.24) is 15.0 Å². The van der Waals surface area contributed by atoms with Gasteiger partial charge in [0.15, 0.2) is 0 Å². The van der Waals surface area contributed by atoms with Gasteiger partial charge in [0.2, 0.25) is 0 Å². The first-order valence-corrected chi connectivity index (χ1v) is 5.26. The van der Waals surface area contributed by atoms with E-state index in [0.717, 1.165) is 22.1 Å². The maximum atomic E-state index is 4.51. The van der Waals surface area contributed by atoms with E-state index in [0.29, 0.717) is 0 Å². The summed E-state index contributed by atoms with van der Waals surface area (Å²) >= 11 is 0. The first-order valence-electron chi connectivity index (χ1n) is 5.26. The van der Waals surface area contributed by atoms with Crippen molar-refractivity contribution < 1.29 is 0 Å². The van der Waals surface area contributed by atoms with Crippen LogP contribution >= 0.6 is 0 Å². The Hall–Kier alpha value is -2.29. The van der Waals surface area contributed by atoms with Crippen molar-refractivity contribution in [3.63, 3.8) is 0 Å². The average molecular weight is 207 g/mol. The molecule has 0 spiro atoms. The number of rotatable bonds is 0. The van der Waals surface area contributed by atoms with Crippen molar-refractivity contribution in [3.8, 4) is 0 Å². The molecule has 0 bridgehead atoms. The minimum atomic E-state index is 1.04. The van der Waals surface area contributed by atoms with E-state index in [4.69, 9.17) is 0 Å². The van der Waals surface area contributed by atoms with E-state index in [1.54, 1.807) is 0 Å². The molecule has 4 aromatic rings. The summed E-state index contributed by atoms with van der Waals surface area (Å²) < 4.78 is 0. The second kappa shape index (κ2) is 2.64. The third-order valence-electron chi connectivity index (χ3n) is 3.05. The molecule has 3 nitrogen and oxygen atoms in total. The molecule has 3 heteroatoms. The van der Waals surface area contributed by atoms with Crippen LogP contribution < -0.4 is 0 Å². The molecule has 2 N–H and O–H groups in total. The molecule has 16 heavy (non-hydrogen) atoms. The summed E-state index contributed by atoms with van der Waals surface area (Å²) in [6, 6.07) is 10.3. The van der Waals surface area contributed by atoms with Crippen LogP contribution in [0.1, 0.15) is 0 Å². The van der Waals surface area contributed by atoms with E-state index < -0.39 is 0 Å². The van der Waals surface area contributed by atoms with Gasteiger partial charge >= 0.3 is 0 Å². The van der Waals surface area contributed by atoms with E-state index in [1.807, 2.05) is 24.5 Å². The summed E-state index contributed by atoms with van der Waals surface area (Å²) in [6.45, 7) is 0. The van der Waals surface area contributed by atoms with Crippen LogP contribution in [0.15, 0.2) is 42.7 Å². The highest BCUT2D eigenvalue weighted by molar-refractivity contribution is 6.14. The Kier molecular flexibility index (Phi) is 1.31. The van der Waals surface area contributed by atoms with Gasteiger partial charge in [-0.25, -0.2) is 0 Å². The molecule has 4 rings (SSSR count). The second-order valence-corrected chi connectivity index (χ2v) is 3.96. The van der Waals surface area contributed by atoms with Crippen molar-refractivity contribution in [2.45, 2.75) is 0 Å². The smallest absolute Gasteiger partial charge is 0.0965 e. The number of para-hydroxylation sites is 1. The quantitative estimate of drug-likeness (QED) is 0.457. The van der Waals surface area contributed by atoms with Crippen molar-refractivity contribution in [2.75, 3.05) is 0 Å². The Balaban J connectivity index is 2.38. The molecule has 0 amide bonds. The zero-order chi connectivity index (χ0) is 10.5. The maximum Gasteiger partial charge on any atom is 0.0965 e. The average Bonchev–Trinajstić information content (AvgIpc) is 2.92. The number of hydrogen-bond donors (Lipinski definition) is 2. The van der Waals surface area contributed by atoms with Crippen molar-refractivity contribution in [3.05, 3.63) is 42.7 Å². The lowest BCUT2D eigenvalue weighted by atomic mass is 10.2. The second-order valence-electron chi connectivity index (χ2n) is 3.96. The molecule has 0 aliphatic heterocycles. The normalized spacial score (nSPS) is 11.8. The van der Waals surface area contributed by atoms with Gasteiger partial charge in [0.25, 0.3) is 0 Å². The standard InChI is InChI=1S/C13H9N3/c1-2-4-10-8(3-1)12-13(16-10)9-5-6-14-11(9)7-15-12/h1-7,14,16H. The Morgan fingerprint density at radius 2 is 1.88 bits per heavy atom. The molecule has 0 saturated heterocycles. The van der Waals surface area contributed by atoms with E-state index >= 15 is 0 Å². The van der Waals surface area contributed by atoms with Crippen molar-refractivity contribution in [2.24, 2.45) is 0 Å². The maximum absolute atomic E-state index is 4.51.